The summed E-state index contributed by atoms with van der Waals surface area (Å²) in [6.45, 7) is 0. The normalized spacial score (nSPS) is 12.4. The zero-order valence-electron chi connectivity index (χ0n) is 7.90. The minimum absolute atomic E-state index is 0.182. The molecule has 1 aromatic carbocycles. The van der Waals surface area contributed by atoms with Gasteiger partial charge in [0.1, 0.15) is 4.60 Å². The largest absolute Gasteiger partial charge is 0.249 e. The molecular formula is C12H9Br2N. The van der Waals surface area contributed by atoms with Crippen molar-refractivity contribution >= 4 is 31.9 Å². The number of pyridine rings is 1. The van der Waals surface area contributed by atoms with E-state index in [2.05, 4.69) is 55.0 Å². The molecule has 0 aliphatic carbocycles. The van der Waals surface area contributed by atoms with Gasteiger partial charge in [-0.15, -0.1) is 0 Å². The molecule has 0 fully saturated rings. The monoisotopic (exact) mass is 325 g/mol. The Bertz CT molecular complexity index is 442. The van der Waals surface area contributed by atoms with Crippen LogP contribution in [0.3, 0.4) is 0 Å². The van der Waals surface area contributed by atoms with E-state index in [1.165, 1.54) is 5.56 Å². The molecular weight excluding hydrogens is 318 g/mol. The fourth-order valence-electron chi connectivity index (χ4n) is 1.39. The fourth-order valence-corrected chi connectivity index (χ4v) is 2.85. The van der Waals surface area contributed by atoms with Crippen molar-refractivity contribution in [3.05, 3.63) is 64.4 Å². The Kier molecular flexibility index (Phi) is 3.54. The molecule has 3 heteroatoms. The van der Waals surface area contributed by atoms with Crippen LogP contribution in [0.1, 0.15) is 16.0 Å². The Labute approximate surface area is 106 Å². The molecule has 2 aromatic rings. The average Bonchev–Trinajstić information content (AvgIpc) is 2.30. The number of halogens is 2. The Balaban J connectivity index is 2.37. The fraction of sp³-hybridized carbons (Fsp3) is 0.0833. The van der Waals surface area contributed by atoms with Gasteiger partial charge in [0, 0.05) is 11.8 Å². The summed E-state index contributed by atoms with van der Waals surface area (Å²) in [5.41, 5.74) is 2.37. The number of hydrogen-bond acceptors (Lipinski definition) is 1. The predicted octanol–water partition coefficient (Wildman–Crippen LogP) is 4.33. The summed E-state index contributed by atoms with van der Waals surface area (Å²) in [4.78, 5) is 4.39. The van der Waals surface area contributed by atoms with Crippen molar-refractivity contribution in [1.29, 1.82) is 0 Å². The first-order valence-corrected chi connectivity index (χ1v) is 6.29. The summed E-state index contributed by atoms with van der Waals surface area (Å²) in [5, 5.41) is 0. The van der Waals surface area contributed by atoms with Crippen molar-refractivity contribution < 1.29 is 0 Å². The molecule has 0 aliphatic heterocycles. The lowest BCUT2D eigenvalue weighted by Crippen LogP contribution is -1.94. The second kappa shape index (κ2) is 4.90. The number of aromatic nitrogens is 1. The van der Waals surface area contributed by atoms with Crippen molar-refractivity contribution in [3.8, 4) is 0 Å². The average molecular weight is 327 g/mol. The van der Waals surface area contributed by atoms with E-state index < -0.39 is 0 Å². The molecule has 1 heterocycles. The third kappa shape index (κ3) is 2.47. The minimum atomic E-state index is 0.182. The van der Waals surface area contributed by atoms with Gasteiger partial charge in [-0.25, -0.2) is 4.98 Å². The van der Waals surface area contributed by atoms with E-state index in [0.29, 0.717) is 0 Å². The van der Waals surface area contributed by atoms with Crippen LogP contribution in [-0.4, -0.2) is 4.98 Å². The number of nitrogens with zero attached hydrogens (tertiary/aromatic N) is 1. The Morgan fingerprint density at radius 2 is 1.73 bits per heavy atom. The lowest BCUT2D eigenvalue weighted by atomic mass is 10.1. The second-order valence-corrected chi connectivity index (χ2v) is 4.82. The van der Waals surface area contributed by atoms with Crippen LogP contribution in [0, 0.1) is 0 Å². The maximum absolute atomic E-state index is 4.21. The lowest BCUT2D eigenvalue weighted by Gasteiger charge is -2.11. The van der Waals surface area contributed by atoms with Gasteiger partial charge in [0.15, 0.2) is 0 Å². The van der Waals surface area contributed by atoms with Gasteiger partial charge in [-0.3, -0.25) is 0 Å². The van der Waals surface area contributed by atoms with Gasteiger partial charge in [-0.1, -0.05) is 52.3 Å². The molecule has 0 amide bonds. The molecule has 2 rings (SSSR count). The molecule has 0 radical (unpaired) electrons. The van der Waals surface area contributed by atoms with Crippen molar-refractivity contribution in [1.82, 2.24) is 4.98 Å². The molecule has 1 aromatic heterocycles. The highest BCUT2D eigenvalue weighted by molar-refractivity contribution is 9.10. The summed E-state index contributed by atoms with van der Waals surface area (Å²) in [6.07, 6.45) is 1.78. The molecule has 0 saturated carbocycles. The van der Waals surface area contributed by atoms with Gasteiger partial charge >= 0.3 is 0 Å². The van der Waals surface area contributed by atoms with Crippen LogP contribution in [-0.2, 0) is 0 Å². The first-order chi connectivity index (χ1) is 7.29. The highest BCUT2D eigenvalue weighted by atomic mass is 79.9. The van der Waals surface area contributed by atoms with Crippen molar-refractivity contribution in [2.24, 2.45) is 0 Å². The molecule has 0 bridgehead atoms. The number of rotatable bonds is 2. The second-order valence-electron chi connectivity index (χ2n) is 3.16. The SMILES string of the molecule is Brc1ncccc1C(Br)c1ccccc1. The Morgan fingerprint density at radius 1 is 1.00 bits per heavy atom. The van der Waals surface area contributed by atoms with Crippen LogP contribution >= 0.6 is 31.9 Å². The van der Waals surface area contributed by atoms with Gasteiger partial charge in [0.25, 0.3) is 0 Å². The van der Waals surface area contributed by atoms with Crippen molar-refractivity contribution in [2.45, 2.75) is 4.83 Å². The van der Waals surface area contributed by atoms with Crippen LogP contribution in [0.25, 0.3) is 0 Å². The van der Waals surface area contributed by atoms with E-state index in [0.717, 1.165) is 10.2 Å². The van der Waals surface area contributed by atoms with Crippen molar-refractivity contribution in [2.75, 3.05) is 0 Å². The molecule has 0 saturated heterocycles. The summed E-state index contributed by atoms with van der Waals surface area (Å²) in [7, 11) is 0. The van der Waals surface area contributed by atoms with E-state index in [1.54, 1.807) is 6.20 Å². The van der Waals surface area contributed by atoms with Crippen LogP contribution in [0.2, 0.25) is 0 Å². The van der Waals surface area contributed by atoms with E-state index in [1.807, 2.05) is 24.3 Å². The first-order valence-electron chi connectivity index (χ1n) is 4.58. The molecule has 1 atom stereocenters. The minimum Gasteiger partial charge on any atom is -0.249 e. The predicted molar refractivity (Wildman–Crippen MR) is 69.1 cm³/mol. The highest BCUT2D eigenvalue weighted by Gasteiger charge is 2.12. The summed E-state index contributed by atoms with van der Waals surface area (Å²) in [6, 6.07) is 14.3. The summed E-state index contributed by atoms with van der Waals surface area (Å²) < 4.78 is 0.885. The van der Waals surface area contributed by atoms with E-state index >= 15 is 0 Å². The molecule has 1 nitrogen and oxygen atoms in total. The van der Waals surface area contributed by atoms with Gasteiger partial charge < -0.3 is 0 Å². The van der Waals surface area contributed by atoms with E-state index in [9.17, 15) is 0 Å². The van der Waals surface area contributed by atoms with Gasteiger partial charge in [0.2, 0.25) is 0 Å². The maximum Gasteiger partial charge on any atom is 0.110 e. The van der Waals surface area contributed by atoms with E-state index in [-0.39, 0.29) is 4.83 Å². The van der Waals surface area contributed by atoms with Gasteiger partial charge in [0.05, 0.1) is 4.83 Å². The third-order valence-electron chi connectivity index (χ3n) is 2.15. The van der Waals surface area contributed by atoms with Gasteiger partial charge in [-0.2, -0.15) is 0 Å². The summed E-state index contributed by atoms with van der Waals surface area (Å²) in [5.74, 6) is 0. The molecule has 15 heavy (non-hydrogen) atoms. The molecule has 0 N–H and O–H groups in total. The van der Waals surface area contributed by atoms with Crippen LogP contribution in [0.15, 0.2) is 53.3 Å². The standard InChI is InChI=1S/C12H9Br2N/c13-11(9-5-2-1-3-6-9)10-7-4-8-15-12(10)14/h1-8,11H. The molecule has 1 unspecified atom stereocenters. The van der Waals surface area contributed by atoms with E-state index in [4.69, 9.17) is 0 Å². The zero-order valence-corrected chi connectivity index (χ0v) is 11.1. The lowest BCUT2D eigenvalue weighted by molar-refractivity contribution is 1.11. The highest BCUT2D eigenvalue weighted by Crippen LogP contribution is 2.33. The third-order valence-corrected chi connectivity index (χ3v) is 3.84. The first kappa shape index (κ1) is 10.8. The van der Waals surface area contributed by atoms with Crippen LogP contribution in [0.4, 0.5) is 0 Å². The van der Waals surface area contributed by atoms with Crippen LogP contribution < -0.4 is 0 Å². The topological polar surface area (TPSA) is 12.9 Å². The molecule has 0 aliphatic rings. The van der Waals surface area contributed by atoms with Crippen molar-refractivity contribution in [3.63, 3.8) is 0 Å². The van der Waals surface area contributed by atoms with Gasteiger partial charge in [-0.05, 0) is 27.6 Å². The number of benzene rings is 1. The molecule has 76 valence electrons. The molecule has 0 spiro atoms. The maximum atomic E-state index is 4.21. The zero-order chi connectivity index (χ0) is 10.7. The quantitative estimate of drug-likeness (QED) is 0.591. The number of hydrogen-bond donors (Lipinski definition) is 0. The number of alkyl halides is 1. The Hall–Kier alpha value is -0.670. The smallest absolute Gasteiger partial charge is 0.110 e. The summed E-state index contributed by atoms with van der Waals surface area (Å²) >= 11 is 7.13. The Morgan fingerprint density at radius 3 is 2.40 bits per heavy atom. The van der Waals surface area contributed by atoms with Crippen LogP contribution in [0.5, 0.6) is 0 Å².